The molecule has 134 valence electrons. The lowest BCUT2D eigenvalue weighted by Crippen LogP contribution is -2.47. The number of hydrogen-bond donors (Lipinski definition) is 0. The third kappa shape index (κ3) is 3.92. The number of aryl methyl sites for hydroxylation is 1. The van der Waals surface area contributed by atoms with Crippen LogP contribution in [0.25, 0.3) is 0 Å². The first-order valence-electron chi connectivity index (χ1n) is 9.32. The molecule has 0 aromatic carbocycles. The fraction of sp³-hybridized carbons (Fsp3) is 0.611. The van der Waals surface area contributed by atoms with Gasteiger partial charge in [-0.2, -0.15) is 10.1 Å². The molecule has 25 heavy (non-hydrogen) atoms. The maximum absolute atomic E-state index is 4.81. The summed E-state index contributed by atoms with van der Waals surface area (Å²) in [5.41, 5.74) is 1.22. The van der Waals surface area contributed by atoms with Crippen molar-refractivity contribution in [3.8, 4) is 0 Å². The largest absolute Gasteiger partial charge is 0.356 e. The fourth-order valence-electron chi connectivity index (χ4n) is 3.62. The van der Waals surface area contributed by atoms with Crippen LogP contribution in [-0.2, 0) is 6.54 Å². The minimum Gasteiger partial charge on any atom is -0.356 e. The van der Waals surface area contributed by atoms with E-state index in [1.165, 1.54) is 18.4 Å². The van der Waals surface area contributed by atoms with E-state index < -0.39 is 0 Å². The summed E-state index contributed by atoms with van der Waals surface area (Å²) >= 11 is 0. The Hall–Kier alpha value is -2.15. The van der Waals surface area contributed by atoms with Gasteiger partial charge in [0.15, 0.2) is 0 Å². The van der Waals surface area contributed by atoms with Gasteiger partial charge in [-0.05, 0) is 31.4 Å². The van der Waals surface area contributed by atoms with Crippen LogP contribution in [0.3, 0.4) is 0 Å². The molecule has 0 atom stereocenters. The predicted octanol–water partition coefficient (Wildman–Crippen LogP) is 1.40. The lowest BCUT2D eigenvalue weighted by Gasteiger charge is -2.34. The Labute approximate surface area is 149 Å². The molecule has 0 radical (unpaired) electrons. The van der Waals surface area contributed by atoms with Gasteiger partial charge in [-0.25, -0.2) is 4.98 Å². The van der Waals surface area contributed by atoms with Crippen molar-refractivity contribution >= 4 is 11.8 Å². The maximum atomic E-state index is 4.81. The molecule has 2 saturated heterocycles. The molecule has 0 saturated carbocycles. The Balaban J connectivity index is 1.30. The molecule has 2 aromatic rings. The molecule has 2 aliphatic rings. The first-order valence-corrected chi connectivity index (χ1v) is 9.32. The van der Waals surface area contributed by atoms with Crippen molar-refractivity contribution in [2.24, 2.45) is 0 Å². The van der Waals surface area contributed by atoms with Gasteiger partial charge in [-0.1, -0.05) is 0 Å². The van der Waals surface area contributed by atoms with Gasteiger partial charge in [0.2, 0.25) is 5.95 Å². The quantitative estimate of drug-likeness (QED) is 0.819. The van der Waals surface area contributed by atoms with Crippen LogP contribution in [0.15, 0.2) is 24.7 Å². The monoisotopic (exact) mass is 341 g/mol. The summed E-state index contributed by atoms with van der Waals surface area (Å²) in [6.45, 7) is 10.4. The van der Waals surface area contributed by atoms with Crippen LogP contribution < -0.4 is 9.80 Å². The zero-order valence-electron chi connectivity index (χ0n) is 15.0. The van der Waals surface area contributed by atoms with Crippen LogP contribution in [0.1, 0.15) is 18.4 Å². The minimum atomic E-state index is 0.881. The maximum Gasteiger partial charge on any atom is 0.227 e. The fourth-order valence-corrected chi connectivity index (χ4v) is 3.62. The van der Waals surface area contributed by atoms with Crippen LogP contribution in [0, 0.1) is 6.92 Å². The van der Waals surface area contributed by atoms with Crippen LogP contribution in [0.4, 0.5) is 11.8 Å². The molecule has 0 amide bonds. The molecule has 0 unspecified atom stereocenters. The Kier molecular flexibility index (Phi) is 4.83. The molecule has 0 aliphatic carbocycles. The lowest BCUT2D eigenvalue weighted by molar-refractivity contribution is 0.243. The molecule has 4 heterocycles. The van der Waals surface area contributed by atoms with E-state index >= 15 is 0 Å². The molecule has 2 aromatic heterocycles. The lowest BCUT2D eigenvalue weighted by atomic mass is 10.3. The van der Waals surface area contributed by atoms with E-state index in [9.17, 15) is 0 Å². The Morgan fingerprint density at radius 2 is 1.76 bits per heavy atom. The molecule has 0 spiro atoms. The van der Waals surface area contributed by atoms with Crippen LogP contribution in [-0.4, -0.2) is 70.5 Å². The summed E-state index contributed by atoms with van der Waals surface area (Å²) in [5, 5.41) is 4.37. The Bertz CT molecular complexity index is 684. The number of aromatic nitrogens is 4. The summed E-state index contributed by atoms with van der Waals surface area (Å²) in [7, 11) is 0. The second kappa shape index (κ2) is 7.39. The highest BCUT2D eigenvalue weighted by Crippen LogP contribution is 2.20. The summed E-state index contributed by atoms with van der Waals surface area (Å²) in [4.78, 5) is 16.5. The van der Waals surface area contributed by atoms with Gasteiger partial charge in [-0.3, -0.25) is 9.58 Å². The van der Waals surface area contributed by atoms with Gasteiger partial charge >= 0.3 is 0 Å². The zero-order valence-corrected chi connectivity index (χ0v) is 15.0. The molecule has 4 rings (SSSR count). The second-order valence-electron chi connectivity index (χ2n) is 7.02. The summed E-state index contributed by atoms with van der Waals surface area (Å²) < 4.78 is 2.03. The van der Waals surface area contributed by atoms with Gasteiger partial charge in [0.1, 0.15) is 5.82 Å². The van der Waals surface area contributed by atoms with Crippen molar-refractivity contribution in [3.63, 3.8) is 0 Å². The van der Waals surface area contributed by atoms with Gasteiger partial charge in [0.05, 0.1) is 12.7 Å². The predicted molar refractivity (Wildman–Crippen MR) is 99.1 cm³/mol. The summed E-state index contributed by atoms with van der Waals surface area (Å²) in [6, 6.07) is 2.04. The summed E-state index contributed by atoms with van der Waals surface area (Å²) in [6.07, 6.45) is 8.47. The van der Waals surface area contributed by atoms with Gasteiger partial charge < -0.3 is 9.80 Å². The first-order chi connectivity index (χ1) is 12.3. The van der Waals surface area contributed by atoms with Crippen molar-refractivity contribution in [3.05, 3.63) is 30.2 Å². The van der Waals surface area contributed by atoms with E-state index in [0.717, 1.165) is 64.1 Å². The van der Waals surface area contributed by atoms with Crippen molar-refractivity contribution in [2.75, 3.05) is 55.6 Å². The number of rotatable bonds is 5. The number of nitrogens with zero attached hydrogens (tertiary/aromatic N) is 7. The van der Waals surface area contributed by atoms with Crippen molar-refractivity contribution in [1.82, 2.24) is 24.6 Å². The first kappa shape index (κ1) is 16.3. The molecular weight excluding hydrogens is 314 g/mol. The summed E-state index contributed by atoms with van der Waals surface area (Å²) in [5.74, 6) is 1.96. The van der Waals surface area contributed by atoms with Crippen LogP contribution in [0.2, 0.25) is 0 Å². The van der Waals surface area contributed by atoms with Crippen molar-refractivity contribution in [2.45, 2.75) is 26.3 Å². The van der Waals surface area contributed by atoms with Crippen molar-refractivity contribution < 1.29 is 0 Å². The average molecular weight is 341 g/mol. The highest BCUT2D eigenvalue weighted by atomic mass is 15.3. The van der Waals surface area contributed by atoms with Gasteiger partial charge in [0.25, 0.3) is 0 Å². The number of piperazine rings is 1. The second-order valence-corrected chi connectivity index (χ2v) is 7.02. The average Bonchev–Trinajstić information content (AvgIpc) is 3.32. The highest BCUT2D eigenvalue weighted by Gasteiger charge is 2.20. The van der Waals surface area contributed by atoms with E-state index in [-0.39, 0.29) is 0 Å². The van der Waals surface area contributed by atoms with E-state index in [2.05, 4.69) is 37.9 Å². The number of anilines is 2. The van der Waals surface area contributed by atoms with Gasteiger partial charge in [0, 0.05) is 58.2 Å². The molecular formula is C18H27N7. The molecule has 2 fully saturated rings. The molecule has 0 bridgehead atoms. The Morgan fingerprint density at radius 1 is 0.960 bits per heavy atom. The van der Waals surface area contributed by atoms with Gasteiger partial charge in [-0.15, -0.1) is 0 Å². The molecule has 2 aliphatic heterocycles. The van der Waals surface area contributed by atoms with Crippen molar-refractivity contribution in [1.29, 1.82) is 0 Å². The molecule has 0 N–H and O–H groups in total. The van der Waals surface area contributed by atoms with E-state index in [0.29, 0.717) is 0 Å². The third-order valence-electron chi connectivity index (χ3n) is 5.12. The van der Waals surface area contributed by atoms with Crippen LogP contribution >= 0.6 is 0 Å². The molecule has 7 nitrogen and oxygen atoms in total. The standard InChI is InChI=1S/C18H27N7/c1-16-14-20-25(15-16)13-10-22-8-11-24(12-9-22)18-19-5-4-17(21-18)23-6-2-3-7-23/h4-5,14-15H,2-3,6-13H2,1H3. The minimum absolute atomic E-state index is 0.881. The molecule has 7 heteroatoms. The number of hydrogen-bond acceptors (Lipinski definition) is 6. The van der Waals surface area contributed by atoms with E-state index in [1.807, 2.05) is 23.1 Å². The van der Waals surface area contributed by atoms with E-state index in [4.69, 9.17) is 4.98 Å². The zero-order chi connectivity index (χ0) is 17.1. The smallest absolute Gasteiger partial charge is 0.227 e. The Morgan fingerprint density at radius 3 is 2.48 bits per heavy atom. The van der Waals surface area contributed by atoms with E-state index in [1.54, 1.807) is 0 Å². The topological polar surface area (TPSA) is 53.3 Å². The normalized spacial score (nSPS) is 18.9. The highest BCUT2D eigenvalue weighted by molar-refractivity contribution is 5.44. The SMILES string of the molecule is Cc1cnn(CCN2CCN(c3nccc(N4CCCC4)n3)CC2)c1. The third-order valence-corrected chi connectivity index (χ3v) is 5.12. The van der Waals surface area contributed by atoms with Crippen LogP contribution in [0.5, 0.6) is 0 Å².